The summed E-state index contributed by atoms with van der Waals surface area (Å²) in [7, 11) is 0. The van der Waals surface area contributed by atoms with Crippen LogP contribution in [0.1, 0.15) is 38.4 Å². The van der Waals surface area contributed by atoms with Gasteiger partial charge in [-0.25, -0.2) is 0 Å². The maximum absolute atomic E-state index is 9.77. The minimum atomic E-state index is -0.815. The maximum Gasteiger partial charge on any atom is 0.119 e. The molecule has 16 heavy (non-hydrogen) atoms. The number of rotatable bonds is 6. The van der Waals surface area contributed by atoms with Gasteiger partial charge in [-0.3, -0.25) is 0 Å². The summed E-state index contributed by atoms with van der Waals surface area (Å²) in [6.45, 7) is 4.59. The van der Waals surface area contributed by atoms with Crippen LogP contribution in [0.5, 0.6) is 5.75 Å². The molecular formula is C13H20O3. The van der Waals surface area contributed by atoms with Crippen LogP contribution in [-0.2, 0) is 0 Å². The Balaban J connectivity index is 2.63. The second-order valence-corrected chi connectivity index (χ2v) is 3.84. The molecule has 0 saturated heterocycles. The minimum Gasteiger partial charge on any atom is -0.494 e. The van der Waals surface area contributed by atoms with Gasteiger partial charge in [-0.15, -0.1) is 0 Å². The molecule has 2 N–H and O–H groups in total. The topological polar surface area (TPSA) is 49.7 Å². The van der Waals surface area contributed by atoms with E-state index in [2.05, 4.69) is 6.92 Å². The zero-order valence-electron chi connectivity index (χ0n) is 9.89. The fourth-order valence-electron chi connectivity index (χ4n) is 1.43. The summed E-state index contributed by atoms with van der Waals surface area (Å²) in [6, 6.07) is 7.20. The van der Waals surface area contributed by atoms with E-state index in [0.717, 1.165) is 17.7 Å². The fraction of sp³-hybridized carbons (Fsp3) is 0.538. The van der Waals surface area contributed by atoms with Crippen LogP contribution in [0.25, 0.3) is 0 Å². The van der Waals surface area contributed by atoms with Crippen molar-refractivity contribution >= 4 is 0 Å². The predicted molar refractivity (Wildman–Crippen MR) is 63.5 cm³/mol. The van der Waals surface area contributed by atoms with E-state index in [-0.39, 0.29) is 0 Å². The van der Waals surface area contributed by atoms with E-state index in [1.165, 1.54) is 0 Å². The van der Waals surface area contributed by atoms with Crippen molar-refractivity contribution in [1.29, 1.82) is 0 Å². The highest BCUT2D eigenvalue weighted by Gasteiger charge is 2.15. The van der Waals surface area contributed by atoms with Crippen LogP contribution in [0.3, 0.4) is 0 Å². The molecule has 1 rings (SSSR count). The Morgan fingerprint density at radius 3 is 2.25 bits per heavy atom. The molecule has 0 bridgehead atoms. The van der Waals surface area contributed by atoms with Gasteiger partial charge in [0.05, 0.1) is 12.7 Å². The lowest BCUT2D eigenvalue weighted by Gasteiger charge is -2.16. The van der Waals surface area contributed by atoms with Crippen molar-refractivity contribution in [1.82, 2.24) is 0 Å². The third-order valence-corrected chi connectivity index (χ3v) is 2.48. The van der Waals surface area contributed by atoms with Crippen molar-refractivity contribution in [2.24, 2.45) is 0 Å². The van der Waals surface area contributed by atoms with Crippen molar-refractivity contribution in [3.63, 3.8) is 0 Å². The first-order valence-corrected chi connectivity index (χ1v) is 5.78. The molecule has 90 valence electrons. The smallest absolute Gasteiger partial charge is 0.119 e. The van der Waals surface area contributed by atoms with Crippen molar-refractivity contribution in [3.8, 4) is 5.75 Å². The van der Waals surface area contributed by atoms with Crippen molar-refractivity contribution in [2.45, 2.75) is 38.9 Å². The first-order chi connectivity index (χ1) is 7.69. The molecule has 1 aromatic carbocycles. The average molecular weight is 224 g/mol. The average Bonchev–Trinajstić information content (AvgIpc) is 2.35. The third-order valence-electron chi connectivity index (χ3n) is 2.48. The summed E-state index contributed by atoms with van der Waals surface area (Å²) >= 11 is 0. The molecule has 0 aliphatic heterocycles. The van der Waals surface area contributed by atoms with Crippen LogP contribution in [0, 0.1) is 0 Å². The first-order valence-electron chi connectivity index (χ1n) is 5.78. The molecular weight excluding hydrogens is 204 g/mol. The molecule has 0 saturated carbocycles. The minimum absolute atomic E-state index is 0.537. The van der Waals surface area contributed by atoms with Gasteiger partial charge in [-0.05, 0) is 30.5 Å². The number of hydrogen-bond acceptors (Lipinski definition) is 3. The molecule has 0 aliphatic rings. The summed E-state index contributed by atoms with van der Waals surface area (Å²) < 4.78 is 5.43. The van der Waals surface area contributed by atoms with Gasteiger partial charge in [0, 0.05) is 0 Å². The van der Waals surface area contributed by atoms with E-state index in [9.17, 15) is 10.2 Å². The second-order valence-electron chi connectivity index (χ2n) is 3.84. The largest absolute Gasteiger partial charge is 0.494 e. The highest BCUT2D eigenvalue weighted by molar-refractivity contribution is 5.28. The number of hydrogen-bond donors (Lipinski definition) is 2. The number of ether oxygens (including phenoxy) is 1. The van der Waals surface area contributed by atoms with Gasteiger partial charge in [0.25, 0.3) is 0 Å². The zero-order valence-corrected chi connectivity index (χ0v) is 9.89. The molecule has 1 aromatic rings. The molecule has 0 spiro atoms. The normalized spacial score (nSPS) is 14.5. The summed E-state index contributed by atoms with van der Waals surface area (Å²) in [5, 5.41) is 19.3. The molecule has 0 aromatic heterocycles. The van der Waals surface area contributed by atoms with Crippen LogP contribution in [-0.4, -0.2) is 22.9 Å². The Morgan fingerprint density at radius 2 is 1.75 bits per heavy atom. The molecule has 2 unspecified atom stereocenters. The Kier molecular flexibility index (Phi) is 5.29. The Labute approximate surface area is 96.7 Å². The first kappa shape index (κ1) is 13.0. The molecule has 0 fully saturated rings. The molecule has 3 heteroatoms. The lowest BCUT2D eigenvalue weighted by atomic mass is 10.0. The molecule has 0 aliphatic carbocycles. The summed E-state index contributed by atoms with van der Waals surface area (Å²) in [5.74, 6) is 0.795. The van der Waals surface area contributed by atoms with E-state index in [4.69, 9.17) is 4.74 Å². The lowest BCUT2D eigenvalue weighted by Crippen LogP contribution is -2.16. The number of aliphatic hydroxyl groups is 2. The maximum atomic E-state index is 9.77. The van der Waals surface area contributed by atoms with E-state index < -0.39 is 12.2 Å². The highest BCUT2D eigenvalue weighted by atomic mass is 16.5. The monoisotopic (exact) mass is 224 g/mol. The van der Waals surface area contributed by atoms with Gasteiger partial charge in [0.15, 0.2) is 0 Å². The lowest BCUT2D eigenvalue weighted by molar-refractivity contribution is 0.0164. The van der Waals surface area contributed by atoms with E-state index in [1.54, 1.807) is 12.1 Å². The Hall–Kier alpha value is -1.06. The number of benzene rings is 1. The van der Waals surface area contributed by atoms with Crippen molar-refractivity contribution in [2.75, 3.05) is 6.61 Å². The number of aliphatic hydroxyl groups excluding tert-OH is 2. The van der Waals surface area contributed by atoms with Crippen LogP contribution in [0.4, 0.5) is 0 Å². The highest BCUT2D eigenvalue weighted by Crippen LogP contribution is 2.21. The zero-order chi connectivity index (χ0) is 12.0. The Morgan fingerprint density at radius 1 is 1.12 bits per heavy atom. The van der Waals surface area contributed by atoms with Crippen LogP contribution >= 0.6 is 0 Å². The molecule has 0 heterocycles. The quantitative estimate of drug-likeness (QED) is 0.779. The van der Waals surface area contributed by atoms with Gasteiger partial charge in [0.2, 0.25) is 0 Å². The molecule has 0 radical (unpaired) electrons. The summed E-state index contributed by atoms with van der Waals surface area (Å²) in [4.78, 5) is 0. The van der Waals surface area contributed by atoms with Crippen molar-refractivity contribution in [3.05, 3.63) is 29.8 Å². The van der Waals surface area contributed by atoms with Gasteiger partial charge in [-0.1, -0.05) is 26.0 Å². The van der Waals surface area contributed by atoms with Crippen molar-refractivity contribution < 1.29 is 14.9 Å². The van der Waals surface area contributed by atoms with Crippen LogP contribution in [0.15, 0.2) is 24.3 Å². The summed E-state index contributed by atoms with van der Waals surface area (Å²) in [6.07, 6.45) is -0.0126. The molecule has 3 nitrogen and oxygen atoms in total. The predicted octanol–water partition coefficient (Wildman–Crippen LogP) is 2.28. The molecule has 2 atom stereocenters. The van der Waals surface area contributed by atoms with Gasteiger partial charge in [0.1, 0.15) is 11.9 Å². The van der Waals surface area contributed by atoms with Gasteiger partial charge < -0.3 is 14.9 Å². The van der Waals surface area contributed by atoms with Gasteiger partial charge in [-0.2, -0.15) is 0 Å². The van der Waals surface area contributed by atoms with E-state index in [0.29, 0.717) is 13.0 Å². The van der Waals surface area contributed by atoms with E-state index in [1.807, 2.05) is 19.1 Å². The van der Waals surface area contributed by atoms with Crippen LogP contribution in [0.2, 0.25) is 0 Å². The second kappa shape index (κ2) is 6.51. The Bertz CT molecular complexity index is 295. The summed E-state index contributed by atoms with van der Waals surface area (Å²) in [5.41, 5.74) is 0.721. The third kappa shape index (κ3) is 3.51. The van der Waals surface area contributed by atoms with E-state index >= 15 is 0 Å². The van der Waals surface area contributed by atoms with Crippen LogP contribution < -0.4 is 4.74 Å². The fourth-order valence-corrected chi connectivity index (χ4v) is 1.43. The van der Waals surface area contributed by atoms with Gasteiger partial charge >= 0.3 is 0 Å². The molecule has 0 amide bonds. The SMILES string of the molecule is CCCOc1ccc(C(O)C(O)CC)cc1. The standard InChI is InChI=1S/C13H20O3/c1-3-9-16-11-7-5-10(6-8-11)13(15)12(14)4-2/h5-8,12-15H,3-4,9H2,1-2H3.